The highest BCUT2D eigenvalue weighted by atomic mass is 16.5. The summed E-state index contributed by atoms with van der Waals surface area (Å²) in [7, 11) is 0. The Morgan fingerprint density at radius 1 is 1.04 bits per heavy atom. The molecular weight excluding hydrogens is 342 g/mol. The molecular formula is C22H27NO4. The number of carbonyl (C=O) groups is 2. The van der Waals surface area contributed by atoms with E-state index in [0.717, 1.165) is 16.9 Å². The summed E-state index contributed by atoms with van der Waals surface area (Å²) in [6.45, 7) is 8.05. The molecule has 2 rings (SSSR count). The summed E-state index contributed by atoms with van der Waals surface area (Å²) in [6, 6.07) is 13.5. The molecule has 0 spiro atoms. The van der Waals surface area contributed by atoms with Crippen molar-refractivity contribution in [3.8, 4) is 5.75 Å². The van der Waals surface area contributed by atoms with Crippen molar-refractivity contribution in [3.63, 3.8) is 0 Å². The van der Waals surface area contributed by atoms with Crippen molar-refractivity contribution in [1.29, 1.82) is 0 Å². The summed E-state index contributed by atoms with van der Waals surface area (Å²) in [4.78, 5) is 23.7. The molecule has 1 N–H and O–H groups in total. The maximum absolute atomic E-state index is 11.9. The zero-order valence-corrected chi connectivity index (χ0v) is 16.4. The first kappa shape index (κ1) is 20.5. The van der Waals surface area contributed by atoms with E-state index in [9.17, 15) is 9.59 Å². The quantitative estimate of drug-likeness (QED) is 0.702. The Balaban J connectivity index is 1.70. The maximum atomic E-state index is 11.9. The van der Waals surface area contributed by atoms with Gasteiger partial charge in [-0.1, -0.05) is 38.1 Å². The number of rotatable bonds is 8. The van der Waals surface area contributed by atoms with E-state index < -0.39 is 5.97 Å². The molecule has 0 atom stereocenters. The molecule has 0 saturated heterocycles. The fraction of sp³-hybridized carbons (Fsp3) is 0.364. The number of carbonyl (C=O) groups excluding carboxylic acids is 2. The van der Waals surface area contributed by atoms with Crippen LogP contribution in [-0.2, 0) is 14.3 Å². The van der Waals surface area contributed by atoms with Crippen molar-refractivity contribution in [3.05, 3.63) is 59.2 Å². The average Bonchev–Trinajstić information content (AvgIpc) is 2.63. The topological polar surface area (TPSA) is 64.6 Å². The standard InChI is InChI=1S/C22H27NO4/c1-15(2)18-7-9-19(10-8-18)23-21(24)14-27-22(25)11-12-26-20-13-16(3)5-6-17(20)4/h5-10,13,15H,11-12,14H2,1-4H3,(H,23,24). The van der Waals surface area contributed by atoms with Gasteiger partial charge in [0.1, 0.15) is 5.75 Å². The van der Waals surface area contributed by atoms with Gasteiger partial charge in [-0.25, -0.2) is 0 Å². The van der Waals surface area contributed by atoms with E-state index >= 15 is 0 Å². The Morgan fingerprint density at radius 3 is 2.41 bits per heavy atom. The minimum absolute atomic E-state index is 0.0871. The molecule has 27 heavy (non-hydrogen) atoms. The van der Waals surface area contributed by atoms with E-state index in [1.165, 1.54) is 5.56 Å². The molecule has 144 valence electrons. The first-order valence-electron chi connectivity index (χ1n) is 9.10. The summed E-state index contributed by atoms with van der Waals surface area (Å²) >= 11 is 0. The predicted octanol–water partition coefficient (Wildman–Crippen LogP) is 4.38. The van der Waals surface area contributed by atoms with Crippen LogP contribution in [0.5, 0.6) is 5.75 Å². The third-order valence-electron chi connectivity index (χ3n) is 4.13. The SMILES string of the molecule is Cc1ccc(C)c(OCCC(=O)OCC(=O)Nc2ccc(C(C)C)cc2)c1. The number of aryl methyl sites for hydroxylation is 2. The second-order valence-corrected chi connectivity index (χ2v) is 6.85. The van der Waals surface area contributed by atoms with Crippen molar-refractivity contribution >= 4 is 17.6 Å². The number of hydrogen-bond acceptors (Lipinski definition) is 4. The van der Waals surface area contributed by atoms with Gasteiger partial charge in [0.05, 0.1) is 13.0 Å². The summed E-state index contributed by atoms with van der Waals surface area (Å²) in [5.74, 6) is 0.355. The lowest BCUT2D eigenvalue weighted by molar-refractivity contribution is -0.147. The zero-order valence-electron chi connectivity index (χ0n) is 16.4. The highest BCUT2D eigenvalue weighted by Gasteiger charge is 2.09. The van der Waals surface area contributed by atoms with Crippen LogP contribution in [0.1, 0.15) is 42.9 Å². The van der Waals surface area contributed by atoms with Gasteiger partial charge in [0.25, 0.3) is 5.91 Å². The van der Waals surface area contributed by atoms with Gasteiger partial charge in [-0.2, -0.15) is 0 Å². The fourth-order valence-corrected chi connectivity index (χ4v) is 2.47. The molecule has 0 aromatic heterocycles. The minimum atomic E-state index is -0.467. The fourth-order valence-electron chi connectivity index (χ4n) is 2.47. The number of anilines is 1. The van der Waals surface area contributed by atoms with Gasteiger partial charge in [0, 0.05) is 5.69 Å². The number of ether oxygens (including phenoxy) is 2. The van der Waals surface area contributed by atoms with Gasteiger partial charge in [0.2, 0.25) is 0 Å². The Morgan fingerprint density at radius 2 is 1.74 bits per heavy atom. The third kappa shape index (κ3) is 6.77. The van der Waals surface area contributed by atoms with E-state index in [1.54, 1.807) is 0 Å². The Labute approximate surface area is 160 Å². The summed E-state index contributed by atoms with van der Waals surface area (Å²) < 4.78 is 10.6. The largest absolute Gasteiger partial charge is 0.493 e. The molecule has 0 aliphatic heterocycles. The Kier molecular flexibility index (Phi) is 7.41. The number of benzene rings is 2. The van der Waals surface area contributed by atoms with E-state index in [4.69, 9.17) is 9.47 Å². The maximum Gasteiger partial charge on any atom is 0.309 e. The monoisotopic (exact) mass is 369 g/mol. The molecule has 0 radical (unpaired) electrons. The normalized spacial score (nSPS) is 10.6. The van der Waals surface area contributed by atoms with Crippen LogP contribution in [0, 0.1) is 13.8 Å². The van der Waals surface area contributed by atoms with Crippen LogP contribution in [0.2, 0.25) is 0 Å². The minimum Gasteiger partial charge on any atom is -0.493 e. The molecule has 5 heteroatoms. The molecule has 0 saturated carbocycles. The smallest absolute Gasteiger partial charge is 0.309 e. The second-order valence-electron chi connectivity index (χ2n) is 6.85. The zero-order chi connectivity index (χ0) is 19.8. The van der Waals surface area contributed by atoms with Crippen molar-refractivity contribution in [2.75, 3.05) is 18.5 Å². The lowest BCUT2D eigenvalue weighted by atomic mass is 10.0. The van der Waals surface area contributed by atoms with E-state index in [1.807, 2.05) is 56.3 Å². The molecule has 2 aromatic rings. The number of hydrogen-bond donors (Lipinski definition) is 1. The van der Waals surface area contributed by atoms with Crippen LogP contribution < -0.4 is 10.1 Å². The first-order chi connectivity index (χ1) is 12.8. The molecule has 0 heterocycles. The molecule has 5 nitrogen and oxygen atoms in total. The summed E-state index contributed by atoms with van der Waals surface area (Å²) in [5, 5.41) is 2.71. The van der Waals surface area contributed by atoms with Crippen LogP contribution in [0.3, 0.4) is 0 Å². The third-order valence-corrected chi connectivity index (χ3v) is 4.13. The van der Waals surface area contributed by atoms with Gasteiger partial charge >= 0.3 is 5.97 Å². The van der Waals surface area contributed by atoms with E-state index in [2.05, 4.69) is 19.2 Å². The molecule has 1 amide bonds. The molecule has 2 aromatic carbocycles. The van der Waals surface area contributed by atoms with Gasteiger partial charge < -0.3 is 14.8 Å². The number of nitrogens with one attached hydrogen (secondary N) is 1. The Bertz CT molecular complexity index is 781. The van der Waals surface area contributed by atoms with Crippen LogP contribution in [-0.4, -0.2) is 25.1 Å². The molecule has 0 unspecified atom stereocenters. The van der Waals surface area contributed by atoms with Gasteiger partial charge in [-0.3, -0.25) is 9.59 Å². The van der Waals surface area contributed by atoms with Gasteiger partial charge in [-0.15, -0.1) is 0 Å². The van der Waals surface area contributed by atoms with Crippen LogP contribution in [0.25, 0.3) is 0 Å². The van der Waals surface area contributed by atoms with Crippen molar-refractivity contribution in [2.24, 2.45) is 0 Å². The summed E-state index contributed by atoms with van der Waals surface area (Å²) in [6.07, 6.45) is 0.0871. The molecule has 0 aliphatic rings. The predicted molar refractivity (Wildman–Crippen MR) is 106 cm³/mol. The Hall–Kier alpha value is -2.82. The molecule has 0 fully saturated rings. The lowest BCUT2D eigenvalue weighted by Crippen LogP contribution is -2.21. The van der Waals surface area contributed by atoms with E-state index in [-0.39, 0.29) is 25.5 Å². The molecule has 0 bridgehead atoms. The van der Waals surface area contributed by atoms with Crippen molar-refractivity contribution in [1.82, 2.24) is 0 Å². The molecule has 0 aliphatic carbocycles. The van der Waals surface area contributed by atoms with Gasteiger partial charge in [0.15, 0.2) is 6.61 Å². The highest BCUT2D eigenvalue weighted by Crippen LogP contribution is 2.19. The van der Waals surface area contributed by atoms with E-state index in [0.29, 0.717) is 11.6 Å². The van der Waals surface area contributed by atoms with Crippen molar-refractivity contribution in [2.45, 2.75) is 40.0 Å². The highest BCUT2D eigenvalue weighted by molar-refractivity contribution is 5.92. The van der Waals surface area contributed by atoms with Crippen LogP contribution in [0.15, 0.2) is 42.5 Å². The van der Waals surface area contributed by atoms with Crippen molar-refractivity contribution < 1.29 is 19.1 Å². The number of esters is 1. The average molecular weight is 369 g/mol. The summed E-state index contributed by atoms with van der Waals surface area (Å²) in [5.41, 5.74) is 3.98. The second kappa shape index (κ2) is 9.76. The lowest BCUT2D eigenvalue weighted by Gasteiger charge is -2.10. The first-order valence-corrected chi connectivity index (χ1v) is 9.10. The van der Waals surface area contributed by atoms with Crippen LogP contribution in [0.4, 0.5) is 5.69 Å². The number of amides is 1. The van der Waals surface area contributed by atoms with Crippen LogP contribution >= 0.6 is 0 Å². The van der Waals surface area contributed by atoms with Gasteiger partial charge in [-0.05, 0) is 54.7 Å².